The Morgan fingerprint density at radius 3 is 2.00 bits per heavy atom. The van der Waals surface area contributed by atoms with Crippen molar-refractivity contribution in [3.8, 4) is 5.75 Å². The van der Waals surface area contributed by atoms with Crippen LogP contribution < -0.4 is 21.3 Å². The summed E-state index contributed by atoms with van der Waals surface area (Å²) in [5.74, 6) is -1.92. The van der Waals surface area contributed by atoms with Crippen LogP contribution >= 0.6 is 0 Å². The molecule has 0 aromatic heterocycles. The zero-order valence-corrected chi connectivity index (χ0v) is 11.9. The second kappa shape index (κ2) is 9.69. The Morgan fingerprint density at radius 1 is 1.17 bits per heavy atom. The predicted molar refractivity (Wildman–Crippen MR) is 61.6 cm³/mol. The van der Waals surface area contributed by atoms with Gasteiger partial charge in [-0.15, -0.1) is 0 Å². The number of carbonyl (C=O) groups is 3. The van der Waals surface area contributed by atoms with Crippen LogP contribution in [0.5, 0.6) is 5.75 Å². The van der Waals surface area contributed by atoms with Crippen molar-refractivity contribution in [1.82, 2.24) is 0 Å². The largest absolute Gasteiger partial charge is 2.00 e. The van der Waals surface area contributed by atoms with Crippen LogP contribution in [0.2, 0.25) is 0 Å². The molecular weight excluding hydrogens is 268 g/mol. The fourth-order valence-electron chi connectivity index (χ4n) is 0.879. The van der Waals surface area contributed by atoms with Gasteiger partial charge in [-0.2, -0.15) is 0 Å². The number of esters is 1. The van der Waals surface area contributed by atoms with E-state index >= 15 is 0 Å². The molecule has 1 aromatic rings. The van der Waals surface area contributed by atoms with Crippen LogP contribution in [0.1, 0.15) is 17.3 Å². The molecule has 0 spiro atoms. The van der Waals surface area contributed by atoms with Gasteiger partial charge in [0, 0.05) is 12.5 Å². The minimum atomic E-state index is -1.36. The first-order valence-electron chi connectivity index (χ1n) is 4.38. The molecule has 2 amide bonds. The van der Waals surface area contributed by atoms with Crippen LogP contribution in [-0.2, 0) is 4.79 Å². The standard InChI is InChI=1S/C9H8O4.CH4N2O.Ca/c1-6(10)13-8-5-3-2-4-7(8)9(11)12;2-1(3)4;/h2-5H,1H3,(H,11,12);(H4,2,3,4);/q;;+2/p-1. The molecule has 0 radical (unpaired) electrons. The number of carboxylic acid groups (broad SMARTS) is 1. The van der Waals surface area contributed by atoms with E-state index in [9.17, 15) is 14.7 Å². The van der Waals surface area contributed by atoms with E-state index in [0.717, 1.165) is 0 Å². The summed E-state index contributed by atoms with van der Waals surface area (Å²) in [6.45, 7) is 1.20. The number of carbonyl (C=O) groups excluding carboxylic acids is 3. The Balaban J connectivity index is 0. The molecule has 4 N–H and O–H groups in total. The summed E-state index contributed by atoms with van der Waals surface area (Å²) in [6, 6.07) is 4.98. The summed E-state index contributed by atoms with van der Waals surface area (Å²) in [7, 11) is 0. The maximum atomic E-state index is 10.6. The number of amides is 2. The fourth-order valence-corrected chi connectivity index (χ4v) is 0.879. The number of ether oxygens (including phenoxy) is 1. The smallest absolute Gasteiger partial charge is 0.545 e. The zero-order chi connectivity index (χ0) is 13.4. The van der Waals surface area contributed by atoms with Gasteiger partial charge in [0.1, 0.15) is 5.75 Å². The molecule has 0 bridgehead atoms. The maximum absolute atomic E-state index is 10.6. The Bertz CT molecular complexity index is 432. The first-order valence-corrected chi connectivity index (χ1v) is 4.38. The predicted octanol–water partition coefficient (Wildman–Crippen LogP) is -1.38. The van der Waals surface area contributed by atoms with Crippen molar-refractivity contribution in [2.24, 2.45) is 11.5 Å². The summed E-state index contributed by atoms with van der Waals surface area (Å²) >= 11 is 0. The van der Waals surface area contributed by atoms with Crippen molar-refractivity contribution in [3.05, 3.63) is 29.8 Å². The van der Waals surface area contributed by atoms with Crippen molar-refractivity contribution in [2.45, 2.75) is 6.92 Å². The molecule has 0 saturated carbocycles. The molecule has 0 aliphatic heterocycles. The fraction of sp³-hybridized carbons (Fsp3) is 0.100. The van der Waals surface area contributed by atoms with E-state index in [2.05, 4.69) is 16.2 Å². The van der Waals surface area contributed by atoms with E-state index in [1.807, 2.05) is 0 Å². The number of hydrogen-bond acceptors (Lipinski definition) is 5. The number of rotatable bonds is 2. The van der Waals surface area contributed by atoms with Gasteiger partial charge in [-0.05, 0) is 12.1 Å². The summed E-state index contributed by atoms with van der Waals surface area (Å²) in [5.41, 5.74) is 8.37. The summed E-state index contributed by atoms with van der Waals surface area (Å²) < 4.78 is 4.65. The minimum Gasteiger partial charge on any atom is -0.545 e. The van der Waals surface area contributed by atoms with Gasteiger partial charge >= 0.3 is 49.7 Å². The summed E-state index contributed by atoms with van der Waals surface area (Å²) in [4.78, 5) is 30.1. The van der Waals surface area contributed by atoms with Gasteiger partial charge in [0.15, 0.2) is 0 Å². The van der Waals surface area contributed by atoms with E-state index in [1.165, 1.54) is 25.1 Å². The quantitative estimate of drug-likeness (QED) is 0.390. The molecule has 0 aliphatic rings. The van der Waals surface area contributed by atoms with Crippen LogP contribution in [0.3, 0.4) is 0 Å². The number of primary amides is 2. The normalized spacial score (nSPS) is 8.06. The van der Waals surface area contributed by atoms with Gasteiger partial charge in [-0.3, -0.25) is 4.79 Å². The Hall–Kier alpha value is -1.31. The Kier molecular flexibility index (Phi) is 10.3. The second-order valence-electron chi connectivity index (χ2n) is 2.78. The van der Waals surface area contributed by atoms with E-state index < -0.39 is 18.0 Å². The summed E-state index contributed by atoms with van der Waals surface area (Å²) in [6.07, 6.45) is 0. The first-order chi connectivity index (χ1) is 7.84. The monoisotopic (exact) mass is 279 g/mol. The first kappa shape index (κ1) is 19.0. The van der Waals surface area contributed by atoms with Crippen LogP contribution in [0, 0.1) is 0 Å². The average molecular weight is 279 g/mol. The molecule has 0 fully saturated rings. The molecule has 8 heteroatoms. The topological polar surface area (TPSA) is 136 Å². The summed E-state index contributed by atoms with van der Waals surface area (Å²) in [5, 5.41) is 10.5. The van der Waals surface area contributed by atoms with Crippen molar-refractivity contribution >= 4 is 55.7 Å². The number of carboxylic acids is 1. The van der Waals surface area contributed by atoms with Crippen LogP contribution in [-0.4, -0.2) is 55.7 Å². The molecule has 18 heavy (non-hydrogen) atoms. The van der Waals surface area contributed by atoms with Gasteiger partial charge in [0.2, 0.25) is 0 Å². The molecule has 0 atom stereocenters. The molecule has 0 saturated heterocycles. The van der Waals surface area contributed by atoms with Crippen molar-refractivity contribution in [1.29, 1.82) is 0 Å². The van der Waals surface area contributed by atoms with Crippen molar-refractivity contribution < 1.29 is 24.2 Å². The van der Waals surface area contributed by atoms with E-state index in [1.54, 1.807) is 6.07 Å². The Morgan fingerprint density at radius 2 is 1.61 bits per heavy atom. The number of urea groups is 1. The molecule has 1 aromatic carbocycles. The zero-order valence-electron chi connectivity index (χ0n) is 9.71. The van der Waals surface area contributed by atoms with E-state index in [4.69, 9.17) is 4.79 Å². The molecule has 0 aliphatic carbocycles. The molecular formula is C10H11CaN2O5+. The number of nitrogens with two attached hydrogens (primary N) is 2. The van der Waals surface area contributed by atoms with Gasteiger partial charge in [-0.25, -0.2) is 4.79 Å². The SMILES string of the molecule is CC(=O)Oc1ccccc1C(=O)[O-].NC(N)=O.[Ca+2]. The molecule has 0 unspecified atom stereocenters. The number of hydrogen-bond donors (Lipinski definition) is 2. The number of benzene rings is 1. The average Bonchev–Trinajstić information content (AvgIpc) is 2.16. The third-order valence-electron chi connectivity index (χ3n) is 1.36. The van der Waals surface area contributed by atoms with Gasteiger partial charge in [-0.1, -0.05) is 12.1 Å². The van der Waals surface area contributed by atoms with Crippen LogP contribution in [0.25, 0.3) is 0 Å². The van der Waals surface area contributed by atoms with E-state index in [-0.39, 0.29) is 49.1 Å². The van der Waals surface area contributed by atoms with E-state index in [0.29, 0.717) is 0 Å². The third kappa shape index (κ3) is 8.80. The maximum Gasteiger partial charge on any atom is 2.00 e. The minimum absolute atomic E-state index is 0. The second-order valence-corrected chi connectivity index (χ2v) is 2.78. The van der Waals surface area contributed by atoms with Crippen molar-refractivity contribution in [3.63, 3.8) is 0 Å². The number of aromatic carboxylic acids is 1. The molecule has 0 heterocycles. The van der Waals surface area contributed by atoms with Gasteiger partial charge < -0.3 is 26.1 Å². The molecule has 92 valence electrons. The Labute approximate surface area is 133 Å². The number of para-hydroxylation sites is 1. The van der Waals surface area contributed by atoms with Crippen molar-refractivity contribution in [2.75, 3.05) is 0 Å². The third-order valence-corrected chi connectivity index (χ3v) is 1.36. The van der Waals surface area contributed by atoms with Gasteiger partial charge in [0.05, 0.1) is 5.97 Å². The van der Waals surface area contributed by atoms with Gasteiger partial charge in [0.25, 0.3) is 0 Å². The van der Waals surface area contributed by atoms with Crippen LogP contribution in [0.4, 0.5) is 4.79 Å². The molecule has 1 rings (SSSR count). The molecule has 7 nitrogen and oxygen atoms in total. The van der Waals surface area contributed by atoms with Crippen LogP contribution in [0.15, 0.2) is 24.3 Å².